The van der Waals surface area contributed by atoms with E-state index in [-0.39, 0.29) is 41.7 Å². The number of carbonyl (C=O) groups is 1. The van der Waals surface area contributed by atoms with Crippen molar-refractivity contribution in [2.24, 2.45) is 0 Å². The van der Waals surface area contributed by atoms with Crippen LogP contribution in [0.5, 0.6) is 0 Å². The lowest BCUT2D eigenvalue weighted by Crippen LogP contribution is -2.29. The van der Waals surface area contributed by atoms with Gasteiger partial charge in [0.05, 0.1) is 4.92 Å². The number of rotatable bonds is 6. The number of fused-ring (bicyclic) bond motifs is 1. The Kier molecular flexibility index (Phi) is 5.58. The van der Waals surface area contributed by atoms with Gasteiger partial charge in [0, 0.05) is 36.3 Å². The average Bonchev–Trinajstić information content (AvgIpc) is 3.05. The summed E-state index contributed by atoms with van der Waals surface area (Å²) in [5.41, 5.74) is -2.05. The summed E-state index contributed by atoms with van der Waals surface area (Å²) in [6, 6.07) is 5.73. The third-order valence-corrected chi connectivity index (χ3v) is 4.28. The second-order valence-corrected chi connectivity index (χ2v) is 6.43. The zero-order chi connectivity index (χ0) is 22.1. The van der Waals surface area contributed by atoms with Gasteiger partial charge < -0.3 is 9.73 Å². The number of aryl methyl sites for hydroxylation is 2. The Labute approximate surface area is 166 Å². The summed E-state index contributed by atoms with van der Waals surface area (Å²) in [5, 5.41) is 17.0. The Morgan fingerprint density at radius 2 is 2.03 bits per heavy atom. The fourth-order valence-electron chi connectivity index (χ4n) is 2.78. The highest BCUT2D eigenvalue weighted by atomic mass is 19.4. The van der Waals surface area contributed by atoms with Crippen LogP contribution in [0.2, 0.25) is 0 Å². The van der Waals surface area contributed by atoms with Crippen molar-refractivity contribution in [1.82, 2.24) is 15.1 Å². The third-order valence-electron chi connectivity index (χ3n) is 4.28. The highest BCUT2D eigenvalue weighted by Gasteiger charge is 2.34. The molecule has 30 heavy (non-hydrogen) atoms. The van der Waals surface area contributed by atoms with Crippen molar-refractivity contribution in [3.63, 3.8) is 0 Å². The van der Waals surface area contributed by atoms with Crippen LogP contribution in [0.1, 0.15) is 28.2 Å². The number of aromatic nitrogens is 2. The number of halogens is 3. The van der Waals surface area contributed by atoms with Gasteiger partial charge in [0.1, 0.15) is 11.1 Å². The van der Waals surface area contributed by atoms with E-state index in [0.717, 1.165) is 6.07 Å². The van der Waals surface area contributed by atoms with E-state index in [1.807, 2.05) is 0 Å². The summed E-state index contributed by atoms with van der Waals surface area (Å²) in [4.78, 5) is 34.5. The number of nitro groups is 1. The van der Waals surface area contributed by atoms with Crippen LogP contribution in [-0.4, -0.2) is 27.2 Å². The molecule has 0 atom stereocenters. The second-order valence-electron chi connectivity index (χ2n) is 6.43. The molecule has 0 aliphatic carbocycles. The van der Waals surface area contributed by atoms with Gasteiger partial charge in [0.15, 0.2) is 5.69 Å². The van der Waals surface area contributed by atoms with Crippen LogP contribution >= 0.6 is 0 Å². The van der Waals surface area contributed by atoms with Gasteiger partial charge in [-0.3, -0.25) is 19.6 Å². The lowest BCUT2D eigenvalue weighted by molar-refractivity contribution is -0.384. The maximum Gasteiger partial charge on any atom is 0.435 e. The minimum absolute atomic E-state index is 0.0614. The summed E-state index contributed by atoms with van der Waals surface area (Å²) in [6.45, 7) is 1.67. The molecule has 1 amide bonds. The van der Waals surface area contributed by atoms with Crippen LogP contribution in [0.3, 0.4) is 0 Å². The van der Waals surface area contributed by atoms with Crippen molar-refractivity contribution in [2.75, 3.05) is 6.54 Å². The van der Waals surface area contributed by atoms with E-state index >= 15 is 0 Å². The van der Waals surface area contributed by atoms with Crippen LogP contribution in [0, 0.1) is 17.0 Å². The highest BCUT2D eigenvalue weighted by Crippen LogP contribution is 2.28. The van der Waals surface area contributed by atoms with Crippen molar-refractivity contribution >= 4 is 22.6 Å². The monoisotopic (exact) mass is 424 g/mol. The molecule has 0 spiro atoms. The lowest BCUT2D eigenvalue weighted by atomic mass is 10.1. The van der Waals surface area contributed by atoms with Gasteiger partial charge in [-0.05, 0) is 31.5 Å². The zero-order valence-corrected chi connectivity index (χ0v) is 15.5. The Hall–Kier alpha value is -3.70. The quantitative estimate of drug-likeness (QED) is 0.281. The molecule has 0 aliphatic heterocycles. The number of nitro benzene ring substituents is 1. The van der Waals surface area contributed by atoms with Crippen molar-refractivity contribution < 1.29 is 27.3 Å². The minimum Gasteiger partial charge on any atom is -0.422 e. The largest absolute Gasteiger partial charge is 0.435 e. The predicted molar refractivity (Wildman–Crippen MR) is 98.1 cm³/mol. The maximum atomic E-state index is 12.7. The molecule has 1 aromatic carbocycles. The number of nitrogens with zero attached hydrogens (tertiary/aromatic N) is 3. The molecule has 0 aliphatic rings. The molecular formula is C18H15F3N4O5. The Bertz CT molecular complexity index is 1180. The van der Waals surface area contributed by atoms with Crippen molar-refractivity contribution in [2.45, 2.75) is 26.1 Å². The molecule has 2 aromatic heterocycles. The maximum absolute atomic E-state index is 12.7. The zero-order valence-electron chi connectivity index (χ0n) is 15.5. The van der Waals surface area contributed by atoms with E-state index in [2.05, 4.69) is 10.4 Å². The first-order valence-electron chi connectivity index (χ1n) is 8.68. The van der Waals surface area contributed by atoms with Gasteiger partial charge in [-0.25, -0.2) is 4.79 Å². The molecule has 0 radical (unpaired) electrons. The fraction of sp³-hybridized carbons (Fsp3) is 0.278. The Morgan fingerprint density at radius 3 is 2.67 bits per heavy atom. The molecule has 2 heterocycles. The van der Waals surface area contributed by atoms with Crippen molar-refractivity contribution in [1.29, 1.82) is 0 Å². The minimum atomic E-state index is -4.54. The highest BCUT2D eigenvalue weighted by molar-refractivity contribution is 5.96. The molecule has 12 heteroatoms. The van der Waals surface area contributed by atoms with Crippen LogP contribution < -0.4 is 10.9 Å². The summed E-state index contributed by atoms with van der Waals surface area (Å²) < 4.78 is 44.2. The molecule has 9 nitrogen and oxygen atoms in total. The standard InChI is InChI=1S/C18H15F3N4O5/c1-10-7-15(18(19,20)21)23-24(10)6-2-5-22-16(26)13-9-11-8-12(25(28)29)3-4-14(11)30-17(13)27/h3-4,7-9H,2,5-6H2,1H3,(H,22,26). The first kappa shape index (κ1) is 21.0. The van der Waals surface area contributed by atoms with Crippen molar-refractivity contribution in [3.8, 4) is 0 Å². The van der Waals surface area contributed by atoms with E-state index in [1.165, 1.54) is 35.9 Å². The van der Waals surface area contributed by atoms with Crippen LogP contribution in [0.4, 0.5) is 18.9 Å². The molecule has 0 bridgehead atoms. The van der Waals surface area contributed by atoms with E-state index in [1.54, 1.807) is 0 Å². The fourth-order valence-corrected chi connectivity index (χ4v) is 2.78. The summed E-state index contributed by atoms with van der Waals surface area (Å²) in [6.07, 6.45) is -4.28. The number of alkyl halides is 3. The Morgan fingerprint density at radius 1 is 1.30 bits per heavy atom. The molecule has 3 rings (SSSR count). The molecular weight excluding hydrogens is 409 g/mol. The van der Waals surface area contributed by atoms with E-state index in [9.17, 15) is 32.9 Å². The SMILES string of the molecule is Cc1cc(C(F)(F)F)nn1CCCNC(=O)c1cc2cc([N+](=O)[O-])ccc2oc1=O. The number of non-ortho nitro benzene ring substituents is 1. The number of nitrogens with one attached hydrogen (secondary N) is 1. The molecule has 1 N–H and O–H groups in total. The van der Waals surface area contributed by atoms with Gasteiger partial charge in [0.2, 0.25) is 0 Å². The molecule has 0 saturated heterocycles. The van der Waals surface area contributed by atoms with E-state index < -0.39 is 28.3 Å². The third kappa shape index (κ3) is 4.47. The number of benzene rings is 1. The molecule has 0 unspecified atom stereocenters. The molecule has 158 valence electrons. The summed E-state index contributed by atoms with van der Waals surface area (Å²) >= 11 is 0. The van der Waals surface area contributed by atoms with Gasteiger partial charge >= 0.3 is 11.8 Å². The second kappa shape index (κ2) is 7.97. The predicted octanol–water partition coefficient (Wildman–Crippen LogP) is 3.05. The van der Waals surface area contributed by atoms with E-state index in [0.29, 0.717) is 5.69 Å². The van der Waals surface area contributed by atoms with Gasteiger partial charge in [-0.2, -0.15) is 18.3 Å². The number of amides is 1. The number of hydrogen-bond acceptors (Lipinski definition) is 6. The van der Waals surface area contributed by atoms with Crippen molar-refractivity contribution in [3.05, 3.63) is 67.8 Å². The van der Waals surface area contributed by atoms with E-state index in [4.69, 9.17) is 4.42 Å². The lowest BCUT2D eigenvalue weighted by Gasteiger charge is -2.07. The van der Waals surface area contributed by atoms with Crippen LogP contribution in [0.25, 0.3) is 11.0 Å². The Balaban J connectivity index is 1.66. The number of hydrogen-bond donors (Lipinski definition) is 1. The van der Waals surface area contributed by atoms with Gasteiger partial charge in [-0.1, -0.05) is 0 Å². The first-order valence-corrected chi connectivity index (χ1v) is 8.68. The molecule has 0 saturated carbocycles. The normalized spacial score (nSPS) is 11.6. The first-order chi connectivity index (χ1) is 14.1. The molecule has 3 aromatic rings. The van der Waals surface area contributed by atoms with Gasteiger partial charge in [0.25, 0.3) is 11.6 Å². The number of carbonyl (C=O) groups excluding carboxylic acids is 1. The van der Waals surface area contributed by atoms with Crippen LogP contribution in [0.15, 0.2) is 39.5 Å². The molecule has 0 fully saturated rings. The van der Waals surface area contributed by atoms with Gasteiger partial charge in [-0.15, -0.1) is 0 Å². The topological polar surface area (TPSA) is 120 Å². The smallest absolute Gasteiger partial charge is 0.422 e. The van der Waals surface area contributed by atoms with Crippen LogP contribution in [-0.2, 0) is 12.7 Å². The summed E-state index contributed by atoms with van der Waals surface area (Å²) in [7, 11) is 0. The average molecular weight is 424 g/mol. The summed E-state index contributed by atoms with van der Waals surface area (Å²) in [5.74, 6) is -0.759.